The first kappa shape index (κ1) is 15.6. The van der Waals surface area contributed by atoms with Crippen molar-refractivity contribution in [3.63, 3.8) is 0 Å². The molecule has 21 heavy (non-hydrogen) atoms. The number of carbonyl (C=O) groups is 1. The van der Waals surface area contributed by atoms with Crippen LogP contribution in [0.3, 0.4) is 0 Å². The van der Waals surface area contributed by atoms with Gasteiger partial charge < -0.3 is 10.1 Å². The summed E-state index contributed by atoms with van der Waals surface area (Å²) in [4.78, 5) is 22.4. The van der Waals surface area contributed by atoms with Gasteiger partial charge in [-0.25, -0.2) is 0 Å². The number of benzene rings is 1. The van der Waals surface area contributed by atoms with Gasteiger partial charge in [0.05, 0.1) is 12.0 Å². The lowest BCUT2D eigenvalue weighted by Crippen LogP contribution is -2.30. The van der Waals surface area contributed by atoms with Crippen LogP contribution < -0.4 is 10.1 Å². The first-order valence-electron chi connectivity index (χ1n) is 6.68. The van der Waals surface area contributed by atoms with Gasteiger partial charge >= 0.3 is 5.69 Å². The van der Waals surface area contributed by atoms with E-state index in [1.165, 1.54) is 25.3 Å². The fraction of sp³-hybridized carbons (Fsp3) is 0.500. The Morgan fingerprint density at radius 1 is 1.52 bits per heavy atom. The predicted octanol–water partition coefficient (Wildman–Crippen LogP) is 2.74. The van der Waals surface area contributed by atoms with E-state index in [1.807, 2.05) is 0 Å². The molecule has 0 spiro atoms. The van der Waals surface area contributed by atoms with Gasteiger partial charge in [0.1, 0.15) is 0 Å². The molecule has 1 aliphatic rings. The monoisotopic (exact) mass is 312 g/mol. The van der Waals surface area contributed by atoms with Gasteiger partial charge in [0.2, 0.25) is 0 Å². The Hall–Kier alpha value is -1.82. The maximum atomic E-state index is 12.1. The van der Waals surface area contributed by atoms with Crippen LogP contribution in [0, 0.1) is 15.5 Å². The first-order chi connectivity index (χ1) is 10.0. The van der Waals surface area contributed by atoms with Gasteiger partial charge in [-0.3, -0.25) is 14.9 Å². The minimum absolute atomic E-state index is 0.0783. The number of nitro benzene ring substituents is 1. The molecule has 1 fully saturated rings. The third-order valence-corrected chi connectivity index (χ3v) is 4.03. The number of amides is 1. The van der Waals surface area contributed by atoms with Crippen LogP contribution in [0.15, 0.2) is 18.2 Å². The molecule has 0 unspecified atom stereocenters. The lowest BCUT2D eigenvalue weighted by atomic mass is 10.0. The van der Waals surface area contributed by atoms with Gasteiger partial charge in [-0.15, -0.1) is 11.6 Å². The van der Waals surface area contributed by atoms with Crippen LogP contribution in [0.4, 0.5) is 5.69 Å². The van der Waals surface area contributed by atoms with E-state index in [4.69, 9.17) is 16.3 Å². The fourth-order valence-electron chi connectivity index (χ4n) is 2.23. The van der Waals surface area contributed by atoms with Crippen LogP contribution in [-0.2, 0) is 0 Å². The molecule has 1 aromatic rings. The van der Waals surface area contributed by atoms with Gasteiger partial charge in [-0.05, 0) is 30.7 Å². The van der Waals surface area contributed by atoms with Gasteiger partial charge in [-0.1, -0.05) is 0 Å². The first-order valence-corrected chi connectivity index (χ1v) is 7.21. The molecule has 1 N–H and O–H groups in total. The third-order valence-electron chi connectivity index (χ3n) is 3.84. The predicted molar refractivity (Wildman–Crippen MR) is 79.0 cm³/mol. The number of carbonyl (C=O) groups excluding carboxylic acids is 1. The van der Waals surface area contributed by atoms with Crippen molar-refractivity contribution in [2.24, 2.45) is 5.41 Å². The highest BCUT2D eigenvalue weighted by molar-refractivity contribution is 6.17. The van der Waals surface area contributed by atoms with Crippen molar-refractivity contribution < 1.29 is 14.5 Å². The minimum Gasteiger partial charge on any atom is -0.490 e. The van der Waals surface area contributed by atoms with E-state index in [9.17, 15) is 14.9 Å². The number of hydrogen-bond acceptors (Lipinski definition) is 4. The van der Waals surface area contributed by atoms with Crippen molar-refractivity contribution in [1.82, 2.24) is 5.32 Å². The number of nitrogens with one attached hydrogen (secondary N) is 1. The van der Waals surface area contributed by atoms with E-state index < -0.39 is 4.92 Å². The van der Waals surface area contributed by atoms with Crippen molar-refractivity contribution in [1.29, 1.82) is 0 Å². The number of hydrogen-bond donors (Lipinski definition) is 1. The minimum atomic E-state index is -0.541. The highest BCUT2D eigenvalue weighted by atomic mass is 35.5. The van der Waals surface area contributed by atoms with Crippen LogP contribution in [0.5, 0.6) is 5.75 Å². The standard InChI is InChI=1S/C14H17ClN2O4/c1-21-12-8-10(2-3-11(12)17(19)20)13(18)16-9-14(4-5-14)6-7-15/h2-3,8H,4-7,9H2,1H3,(H,16,18). The van der Waals surface area contributed by atoms with E-state index in [2.05, 4.69) is 5.32 Å². The van der Waals surface area contributed by atoms with E-state index >= 15 is 0 Å². The second-order valence-electron chi connectivity index (χ2n) is 5.27. The molecule has 1 aromatic carbocycles. The van der Waals surface area contributed by atoms with Gasteiger partial charge in [0, 0.05) is 30.1 Å². The molecule has 0 radical (unpaired) electrons. The summed E-state index contributed by atoms with van der Waals surface area (Å²) in [6.45, 7) is 0.581. The number of alkyl halides is 1. The summed E-state index contributed by atoms with van der Waals surface area (Å²) in [5.74, 6) is 0.403. The maximum absolute atomic E-state index is 12.1. The Morgan fingerprint density at radius 3 is 2.76 bits per heavy atom. The summed E-state index contributed by atoms with van der Waals surface area (Å²) in [7, 11) is 1.34. The van der Waals surface area contributed by atoms with E-state index in [1.54, 1.807) is 0 Å². The van der Waals surface area contributed by atoms with Crippen molar-refractivity contribution in [2.45, 2.75) is 19.3 Å². The normalized spacial score (nSPS) is 15.3. The van der Waals surface area contributed by atoms with Gasteiger partial charge in [0.15, 0.2) is 5.75 Å². The Bertz CT molecular complexity index is 558. The van der Waals surface area contributed by atoms with Crippen molar-refractivity contribution in [3.05, 3.63) is 33.9 Å². The second-order valence-corrected chi connectivity index (χ2v) is 5.64. The molecular weight excluding hydrogens is 296 g/mol. The zero-order valence-electron chi connectivity index (χ0n) is 11.7. The molecule has 2 rings (SSSR count). The average molecular weight is 313 g/mol. The quantitative estimate of drug-likeness (QED) is 0.477. The van der Waals surface area contributed by atoms with Crippen molar-refractivity contribution >= 4 is 23.2 Å². The molecule has 0 aliphatic heterocycles. The summed E-state index contributed by atoms with van der Waals surface area (Å²) < 4.78 is 4.95. The van der Waals surface area contributed by atoms with Crippen LogP contribution >= 0.6 is 11.6 Å². The van der Waals surface area contributed by atoms with E-state index in [-0.39, 0.29) is 22.8 Å². The molecule has 7 heteroatoms. The van der Waals surface area contributed by atoms with Crippen LogP contribution in [-0.4, -0.2) is 30.4 Å². The van der Waals surface area contributed by atoms with Gasteiger partial charge in [0.25, 0.3) is 5.91 Å². The second kappa shape index (κ2) is 6.30. The smallest absolute Gasteiger partial charge is 0.310 e. The third kappa shape index (κ3) is 3.64. The molecule has 1 aliphatic carbocycles. The maximum Gasteiger partial charge on any atom is 0.310 e. The SMILES string of the molecule is COc1cc(C(=O)NCC2(CCCl)CC2)ccc1[N+](=O)[O-]. The molecule has 6 nitrogen and oxygen atoms in total. The molecule has 1 amide bonds. The molecule has 0 bridgehead atoms. The summed E-state index contributed by atoms with van der Waals surface area (Å²) in [6.07, 6.45) is 3.03. The largest absolute Gasteiger partial charge is 0.490 e. The number of rotatable bonds is 7. The zero-order valence-corrected chi connectivity index (χ0v) is 12.5. The summed E-state index contributed by atoms with van der Waals surface area (Å²) in [5, 5.41) is 13.7. The molecule has 0 saturated heterocycles. The Kier molecular flexibility index (Phi) is 4.67. The fourth-order valence-corrected chi connectivity index (χ4v) is 2.63. The highest BCUT2D eigenvalue weighted by Crippen LogP contribution is 2.48. The Morgan fingerprint density at radius 2 is 2.24 bits per heavy atom. The van der Waals surface area contributed by atoms with E-state index in [0.29, 0.717) is 18.0 Å². The number of ether oxygens (including phenoxy) is 1. The van der Waals surface area contributed by atoms with Crippen LogP contribution in [0.1, 0.15) is 29.6 Å². The van der Waals surface area contributed by atoms with Crippen molar-refractivity contribution in [2.75, 3.05) is 19.5 Å². The zero-order chi connectivity index (χ0) is 15.5. The Balaban J connectivity index is 2.04. The van der Waals surface area contributed by atoms with E-state index in [0.717, 1.165) is 19.3 Å². The molecule has 0 heterocycles. The molecule has 1 saturated carbocycles. The lowest BCUT2D eigenvalue weighted by molar-refractivity contribution is -0.385. The summed E-state index contributed by atoms with van der Waals surface area (Å²) in [6, 6.07) is 4.09. The van der Waals surface area contributed by atoms with Gasteiger partial charge in [-0.2, -0.15) is 0 Å². The number of nitrogens with zero attached hydrogens (tertiary/aromatic N) is 1. The van der Waals surface area contributed by atoms with Crippen LogP contribution in [0.2, 0.25) is 0 Å². The average Bonchev–Trinajstić information content (AvgIpc) is 3.24. The highest BCUT2D eigenvalue weighted by Gasteiger charge is 2.41. The lowest BCUT2D eigenvalue weighted by Gasteiger charge is -2.14. The summed E-state index contributed by atoms with van der Waals surface area (Å²) >= 11 is 5.75. The van der Waals surface area contributed by atoms with Crippen molar-refractivity contribution in [3.8, 4) is 5.75 Å². The molecule has 114 valence electrons. The number of nitro groups is 1. The number of methoxy groups -OCH3 is 1. The van der Waals surface area contributed by atoms with Crippen LogP contribution in [0.25, 0.3) is 0 Å². The summed E-state index contributed by atoms with van der Waals surface area (Å²) in [5.41, 5.74) is 0.330. The number of halogens is 1. The molecular formula is C14H17ClN2O4. The molecule has 0 atom stereocenters. The Labute approximate surface area is 127 Å². The topological polar surface area (TPSA) is 81.5 Å². The molecule has 0 aromatic heterocycles.